The minimum absolute atomic E-state index is 0.0240. The molecular weight excluding hydrogens is 1080 g/mol. The molecule has 4 saturated heterocycles. The van der Waals surface area contributed by atoms with Crippen LogP contribution in [0.25, 0.3) is 11.0 Å². The summed E-state index contributed by atoms with van der Waals surface area (Å²) in [6, 6.07) is 20.2. The SMILES string of the molecule is CC(C)Oc1ccccc1[C@@H]1CN(c2cncc3c2CCCO3)CCN1C1CC2(CCN(c3ccc(C(=O)NS(=O)(=O)c4cc5c(c([N+](=O)[O-])c4)N[C@H](C4CCOCC4)CO5)c(N4c5cc6cc[nH]c6nc5O[C@H]5COCC[C@@H]54)c3)CC2)C1. The van der Waals surface area contributed by atoms with E-state index in [4.69, 9.17) is 33.4 Å². The summed E-state index contributed by atoms with van der Waals surface area (Å²) in [5.74, 6) is 1.47. The van der Waals surface area contributed by atoms with Crippen molar-refractivity contribution in [1.29, 1.82) is 0 Å². The van der Waals surface area contributed by atoms with Crippen molar-refractivity contribution < 1.29 is 46.6 Å². The second-order valence-electron chi connectivity index (χ2n) is 23.9. The lowest BCUT2D eigenvalue weighted by Gasteiger charge is -2.58. The van der Waals surface area contributed by atoms with Gasteiger partial charge in [0.2, 0.25) is 5.88 Å². The van der Waals surface area contributed by atoms with Gasteiger partial charge in [0.15, 0.2) is 11.4 Å². The number of para-hydroxylation sites is 1. The van der Waals surface area contributed by atoms with Gasteiger partial charge in [0.05, 0.1) is 76.6 Å². The van der Waals surface area contributed by atoms with E-state index in [1.165, 1.54) is 22.9 Å². The summed E-state index contributed by atoms with van der Waals surface area (Å²) in [5, 5.41) is 16.7. The minimum atomic E-state index is -4.72. The molecule has 1 amide bonds. The van der Waals surface area contributed by atoms with Gasteiger partial charge in [-0.05, 0) is 119 Å². The molecule has 6 aromatic rings. The van der Waals surface area contributed by atoms with E-state index in [2.05, 4.69) is 77.7 Å². The lowest BCUT2D eigenvalue weighted by atomic mass is 9.59. The van der Waals surface area contributed by atoms with Crippen molar-refractivity contribution in [2.24, 2.45) is 11.3 Å². The lowest BCUT2D eigenvalue weighted by Crippen LogP contribution is -2.60. The molecule has 0 unspecified atom stereocenters. The van der Waals surface area contributed by atoms with Crippen molar-refractivity contribution in [2.75, 3.05) is 92.4 Å². The number of piperazine rings is 1. The van der Waals surface area contributed by atoms with E-state index < -0.39 is 37.5 Å². The molecule has 0 bridgehead atoms. The zero-order valence-corrected chi connectivity index (χ0v) is 47.6. The van der Waals surface area contributed by atoms with E-state index >= 15 is 0 Å². The average Bonchev–Trinajstić information content (AvgIpc) is 4.22. The van der Waals surface area contributed by atoms with Gasteiger partial charge in [0.1, 0.15) is 35.5 Å². The van der Waals surface area contributed by atoms with Crippen molar-refractivity contribution in [2.45, 2.75) is 113 Å². The predicted octanol–water partition coefficient (Wildman–Crippen LogP) is 8.70. The van der Waals surface area contributed by atoms with Gasteiger partial charge in [0, 0.05) is 99.1 Å². The van der Waals surface area contributed by atoms with Crippen LogP contribution in [0.2, 0.25) is 0 Å². The van der Waals surface area contributed by atoms with Gasteiger partial charge < -0.3 is 53.4 Å². The van der Waals surface area contributed by atoms with Gasteiger partial charge in [-0.15, -0.1) is 0 Å². The number of rotatable bonds is 12. The van der Waals surface area contributed by atoms with Crippen LogP contribution < -0.4 is 43.7 Å². The molecule has 0 radical (unpaired) electrons. The Hall–Kier alpha value is -7.40. The number of nitro groups is 1. The van der Waals surface area contributed by atoms with Gasteiger partial charge in [0.25, 0.3) is 21.6 Å². The smallest absolute Gasteiger partial charge is 0.297 e. The second kappa shape index (κ2) is 21.7. The topological polar surface area (TPSA) is 228 Å². The van der Waals surface area contributed by atoms with Crippen molar-refractivity contribution in [3.8, 4) is 23.1 Å². The molecule has 10 heterocycles. The van der Waals surface area contributed by atoms with Gasteiger partial charge >= 0.3 is 0 Å². The molecule has 8 aliphatic rings. The molecule has 1 saturated carbocycles. The number of aromatic amines is 1. The van der Waals surface area contributed by atoms with Crippen LogP contribution in [0.15, 0.2) is 90.2 Å². The number of ether oxygens (including phenoxy) is 6. The quantitative estimate of drug-likeness (QED) is 0.0769. The number of nitrogens with zero attached hydrogens (tertiary/aromatic N) is 7. The molecular formula is C61H70N10O11S. The number of anilines is 5. The Bertz CT molecular complexity index is 3580. The maximum absolute atomic E-state index is 15.0. The number of benzene rings is 3. The first-order valence-electron chi connectivity index (χ1n) is 29.5. The Labute approximate surface area is 482 Å². The number of amides is 1. The first kappa shape index (κ1) is 53.6. The number of carbonyl (C=O) groups is 1. The van der Waals surface area contributed by atoms with Gasteiger partial charge in [-0.1, -0.05) is 18.2 Å². The van der Waals surface area contributed by atoms with E-state index in [0.717, 1.165) is 119 Å². The Kier molecular flexibility index (Phi) is 14.0. The number of nitrogens with one attached hydrogen (secondary N) is 3. The number of hydrogen-bond donors (Lipinski definition) is 3. The number of fused-ring (bicyclic) bond motifs is 5. The first-order valence-corrected chi connectivity index (χ1v) is 31.0. The summed E-state index contributed by atoms with van der Waals surface area (Å²) in [7, 11) is -4.72. The highest BCUT2D eigenvalue weighted by Crippen LogP contribution is 2.55. The molecule has 1 aliphatic carbocycles. The summed E-state index contributed by atoms with van der Waals surface area (Å²) < 4.78 is 68.0. The highest BCUT2D eigenvalue weighted by Gasteiger charge is 2.51. The average molecular weight is 1150 g/mol. The maximum Gasteiger partial charge on any atom is 0.297 e. The Balaban J connectivity index is 0.743. The predicted molar refractivity (Wildman–Crippen MR) is 311 cm³/mol. The Morgan fingerprint density at radius 3 is 2.54 bits per heavy atom. The molecule has 1 spiro atoms. The minimum Gasteiger partial charge on any atom is -0.492 e. The van der Waals surface area contributed by atoms with Gasteiger partial charge in [-0.2, -0.15) is 4.98 Å². The van der Waals surface area contributed by atoms with Crippen LogP contribution >= 0.6 is 0 Å². The molecule has 5 fully saturated rings. The summed E-state index contributed by atoms with van der Waals surface area (Å²) in [4.78, 5) is 48.9. The number of pyridine rings is 2. The van der Waals surface area contributed by atoms with E-state index in [0.29, 0.717) is 55.2 Å². The fourth-order valence-electron chi connectivity index (χ4n) is 14.4. The number of carbonyl (C=O) groups excluding carboxylic acids is 1. The van der Waals surface area contributed by atoms with Crippen LogP contribution in [0.5, 0.6) is 23.1 Å². The van der Waals surface area contributed by atoms with Crippen molar-refractivity contribution in [3.05, 3.63) is 112 Å². The van der Waals surface area contributed by atoms with Crippen LogP contribution in [0, 0.1) is 21.4 Å². The molecule has 83 heavy (non-hydrogen) atoms. The van der Waals surface area contributed by atoms with Gasteiger partial charge in [-0.25, -0.2) is 13.1 Å². The largest absolute Gasteiger partial charge is 0.492 e. The molecule has 436 valence electrons. The molecule has 22 heteroatoms. The fourth-order valence-corrected chi connectivity index (χ4v) is 15.4. The molecule has 7 aliphatic heterocycles. The van der Waals surface area contributed by atoms with Crippen molar-refractivity contribution >= 4 is 61.1 Å². The third-order valence-corrected chi connectivity index (χ3v) is 20.0. The number of nitro benzene ring substituents is 1. The Morgan fingerprint density at radius 1 is 0.880 bits per heavy atom. The number of hydrogen-bond acceptors (Lipinski definition) is 18. The van der Waals surface area contributed by atoms with Crippen molar-refractivity contribution in [3.63, 3.8) is 0 Å². The molecule has 4 atom stereocenters. The zero-order chi connectivity index (χ0) is 56.6. The zero-order valence-electron chi connectivity index (χ0n) is 46.8. The number of aromatic nitrogens is 3. The molecule has 21 nitrogen and oxygen atoms in total. The molecule has 3 aromatic carbocycles. The van der Waals surface area contributed by atoms with Crippen LogP contribution in [-0.4, -0.2) is 142 Å². The van der Waals surface area contributed by atoms with Crippen LogP contribution in [0.4, 0.5) is 34.1 Å². The second-order valence-corrected chi connectivity index (χ2v) is 25.6. The van der Waals surface area contributed by atoms with Crippen LogP contribution in [0.1, 0.15) is 92.7 Å². The van der Waals surface area contributed by atoms with Crippen LogP contribution in [-0.2, 0) is 25.9 Å². The van der Waals surface area contributed by atoms with E-state index in [1.807, 2.05) is 42.9 Å². The monoisotopic (exact) mass is 1150 g/mol. The summed E-state index contributed by atoms with van der Waals surface area (Å²) in [6.07, 6.45) is 13.5. The highest BCUT2D eigenvalue weighted by atomic mass is 32.2. The van der Waals surface area contributed by atoms with Gasteiger partial charge in [-0.3, -0.25) is 24.8 Å². The number of H-pyrrole nitrogens is 1. The normalized spacial score (nSPS) is 23.6. The third kappa shape index (κ3) is 10.1. The summed E-state index contributed by atoms with van der Waals surface area (Å²) in [5.41, 5.74) is 6.17. The van der Waals surface area contributed by atoms with Crippen LogP contribution in [0.3, 0.4) is 0 Å². The van der Waals surface area contributed by atoms with E-state index in [-0.39, 0.29) is 65.8 Å². The maximum atomic E-state index is 15.0. The number of sulfonamides is 1. The molecule has 14 rings (SSSR count). The third-order valence-electron chi connectivity index (χ3n) is 18.7. The van der Waals surface area contributed by atoms with E-state index in [1.54, 1.807) is 6.07 Å². The Morgan fingerprint density at radius 2 is 1.71 bits per heavy atom. The van der Waals surface area contributed by atoms with E-state index in [9.17, 15) is 23.3 Å². The lowest BCUT2D eigenvalue weighted by molar-refractivity contribution is -0.384. The number of piperidine rings is 1. The van der Waals surface area contributed by atoms with Crippen molar-refractivity contribution in [1.82, 2.24) is 24.6 Å². The summed E-state index contributed by atoms with van der Waals surface area (Å²) in [6.45, 7) is 11.1. The molecule has 3 N–H and O–H groups in total. The standard InChI is InChI=1S/C61H70N10O11S/c1-37(2)81-53-8-4-3-6-44(53)52-34-68(51-32-62-33-55-43(51)7-5-22-79-55)20-21-69(52)41-30-61(31-41)15-18-67(19-16-61)40-9-10-45(48(27-40)70-47-14-25-78-36-56(47)82-60-50(70)26-39-11-17-63-58(39)65-60)59(72)66-83(75,76)42-28-49(71(73)74)57-54(29-42)80-35-46(64-57)38-12-23-77-24-13-38/h3-4,6,8-11,17,26-29,32-33,37-38,41,46-47,52,56,64H,5,7,12-16,18-25,30-31,34-36H2,1-2H3,(H,63,65)(H,66,72)/t46-,47-,52-,56-/m0/s1. The first-order chi connectivity index (χ1) is 40.3. The highest BCUT2D eigenvalue weighted by molar-refractivity contribution is 7.90. The summed E-state index contributed by atoms with van der Waals surface area (Å²) >= 11 is 0. The molecule has 3 aromatic heterocycles. The fraction of sp³-hybridized carbons (Fsp3) is 0.492.